The zero-order valence-corrected chi connectivity index (χ0v) is 47.5. The summed E-state index contributed by atoms with van der Waals surface area (Å²) in [6, 6.07) is -0.928. The second-order valence-electron chi connectivity index (χ2n) is 19.7. The molecule has 0 fully saturated rings. The Bertz CT molecular complexity index is 1650. The number of hydrogen-bond acceptors (Lipinski definition) is 7. The van der Waals surface area contributed by atoms with Gasteiger partial charge in [0.05, 0.1) is 33.8 Å². The normalized spacial score (nSPS) is 14.7. The SMILES string of the molecule is CC/C=C\C/C=C\C/C=C\C/C=C\C/C=C\C/C=C\CCCCC(=O)NC(COP(=O)([O-])OCC[N+](C)(C)C)C(/C=C\CCCCCCCCCCC)OC(=O)CCCCCC/C=C/C/C=C/C/C=C/CC. The third-order valence-electron chi connectivity index (χ3n) is 11.6. The van der Waals surface area contributed by atoms with Gasteiger partial charge in [-0.1, -0.05) is 200 Å². The van der Waals surface area contributed by atoms with E-state index in [1.54, 1.807) is 6.08 Å². The second-order valence-corrected chi connectivity index (χ2v) is 21.1. The average molecular weight is 1020 g/mol. The lowest BCUT2D eigenvalue weighted by Gasteiger charge is -2.30. The highest BCUT2D eigenvalue weighted by molar-refractivity contribution is 7.45. The third-order valence-corrected chi connectivity index (χ3v) is 12.6. The first-order valence-electron chi connectivity index (χ1n) is 28.3. The number of carbonyl (C=O) groups is 2. The average Bonchev–Trinajstić information content (AvgIpc) is 3.34. The van der Waals surface area contributed by atoms with Crippen LogP contribution in [0.5, 0.6) is 0 Å². The molecule has 1 amide bonds. The van der Waals surface area contributed by atoms with Crippen LogP contribution in [0.2, 0.25) is 0 Å². The van der Waals surface area contributed by atoms with Crippen molar-refractivity contribution >= 4 is 19.7 Å². The van der Waals surface area contributed by atoms with Gasteiger partial charge in [-0.05, 0) is 115 Å². The van der Waals surface area contributed by atoms with E-state index in [0.29, 0.717) is 23.9 Å². The standard InChI is InChI=1S/C62H105N2O7P/c1-7-10-13-16-19-22-25-27-29-30-31-32-33-34-35-36-39-42-45-48-51-54-61(65)63-59(58-70-72(67,68)69-57-56-64(4,5)6)60(53-50-47-44-41-38-24-21-18-15-12-9-3)71-62(66)55-52-49-46-43-40-37-28-26-23-20-17-14-11-8-2/h10-11,13-14,19-20,22-23,27-29,31-32,34-35,37,39,42,50,53,59-60H,7-9,12,15-18,21,24-26,30,33,36,38,40-41,43-49,51-52,54-58H2,1-6H3,(H-,63,65,67,68)/b13-10-,14-11+,22-19-,23-20+,29-27-,32-31-,35-34-,37-28+,42-39-,53-50-. The number of amides is 1. The predicted molar refractivity (Wildman–Crippen MR) is 307 cm³/mol. The molecule has 0 aromatic carbocycles. The maximum Gasteiger partial charge on any atom is 0.306 e. The van der Waals surface area contributed by atoms with E-state index in [-0.39, 0.29) is 31.3 Å². The number of rotatable bonds is 49. The molecule has 0 aromatic heterocycles. The molecule has 410 valence electrons. The molecule has 3 unspecified atom stereocenters. The van der Waals surface area contributed by atoms with Crippen LogP contribution in [0.15, 0.2) is 122 Å². The van der Waals surface area contributed by atoms with Gasteiger partial charge in [0.15, 0.2) is 0 Å². The van der Waals surface area contributed by atoms with Crippen LogP contribution in [-0.4, -0.2) is 69.4 Å². The third kappa shape index (κ3) is 51.3. The summed E-state index contributed by atoms with van der Waals surface area (Å²) in [5.41, 5.74) is 0. The van der Waals surface area contributed by atoms with Crippen LogP contribution in [-0.2, 0) is 27.9 Å². The molecule has 10 heteroatoms. The summed E-state index contributed by atoms with van der Waals surface area (Å²) in [6.07, 6.45) is 70.3. The summed E-state index contributed by atoms with van der Waals surface area (Å²) >= 11 is 0. The van der Waals surface area contributed by atoms with Crippen LogP contribution in [0.4, 0.5) is 0 Å². The fraction of sp³-hybridized carbons (Fsp3) is 0.645. The van der Waals surface area contributed by atoms with Crippen LogP contribution in [0.25, 0.3) is 0 Å². The molecule has 0 rings (SSSR count). The summed E-state index contributed by atoms with van der Waals surface area (Å²) in [5, 5.41) is 2.98. The van der Waals surface area contributed by atoms with Gasteiger partial charge in [0.1, 0.15) is 19.3 Å². The monoisotopic (exact) mass is 1020 g/mol. The van der Waals surface area contributed by atoms with E-state index in [1.165, 1.54) is 44.9 Å². The Labute approximate surface area is 442 Å². The van der Waals surface area contributed by atoms with E-state index in [1.807, 2.05) is 27.2 Å². The summed E-state index contributed by atoms with van der Waals surface area (Å²) in [5.74, 6) is -0.631. The number of likely N-dealkylation sites (N-methyl/N-ethyl adjacent to an activating group) is 1. The lowest BCUT2D eigenvalue weighted by molar-refractivity contribution is -0.870. The van der Waals surface area contributed by atoms with Crippen LogP contribution in [0, 0.1) is 0 Å². The Hall–Kier alpha value is -3.59. The molecule has 0 saturated carbocycles. The maximum absolute atomic E-state index is 13.5. The van der Waals surface area contributed by atoms with Crippen molar-refractivity contribution in [1.29, 1.82) is 0 Å². The number of phosphoric acid groups is 1. The minimum absolute atomic E-state index is 0.0417. The van der Waals surface area contributed by atoms with E-state index in [0.717, 1.165) is 116 Å². The molecule has 0 saturated heterocycles. The number of nitrogens with one attached hydrogen (secondary N) is 1. The minimum atomic E-state index is -4.72. The van der Waals surface area contributed by atoms with Crippen molar-refractivity contribution in [1.82, 2.24) is 5.32 Å². The molecular formula is C62H105N2O7P. The van der Waals surface area contributed by atoms with Crippen molar-refractivity contribution in [3.8, 4) is 0 Å². The highest BCUT2D eigenvalue weighted by Gasteiger charge is 2.27. The van der Waals surface area contributed by atoms with E-state index in [9.17, 15) is 19.0 Å². The molecule has 0 radical (unpaired) electrons. The molecule has 1 N–H and O–H groups in total. The van der Waals surface area contributed by atoms with Gasteiger partial charge in [-0.3, -0.25) is 14.2 Å². The number of unbranched alkanes of at least 4 members (excludes halogenated alkanes) is 15. The zero-order valence-electron chi connectivity index (χ0n) is 46.6. The molecule has 0 aliphatic heterocycles. The number of phosphoric ester groups is 1. The number of esters is 1. The van der Waals surface area contributed by atoms with Crippen LogP contribution in [0.3, 0.4) is 0 Å². The summed E-state index contributed by atoms with van der Waals surface area (Å²) in [4.78, 5) is 39.8. The highest BCUT2D eigenvalue weighted by Crippen LogP contribution is 2.38. The molecule has 0 aliphatic rings. The Morgan fingerprint density at radius 1 is 0.500 bits per heavy atom. The number of carbonyl (C=O) groups excluding carboxylic acids is 2. The molecule has 0 aliphatic carbocycles. The number of ether oxygens (including phenoxy) is 1. The van der Waals surface area contributed by atoms with Gasteiger partial charge in [0.25, 0.3) is 7.82 Å². The number of allylic oxidation sites excluding steroid dienone is 19. The van der Waals surface area contributed by atoms with Crippen molar-refractivity contribution < 1.29 is 37.3 Å². The number of hydrogen-bond donors (Lipinski definition) is 1. The van der Waals surface area contributed by atoms with Crippen molar-refractivity contribution in [3.63, 3.8) is 0 Å². The van der Waals surface area contributed by atoms with Crippen molar-refractivity contribution in [2.24, 2.45) is 0 Å². The largest absolute Gasteiger partial charge is 0.756 e. The second kappa shape index (κ2) is 50.9. The van der Waals surface area contributed by atoms with E-state index in [4.69, 9.17) is 13.8 Å². The predicted octanol–water partition coefficient (Wildman–Crippen LogP) is 16.5. The van der Waals surface area contributed by atoms with Crippen molar-refractivity contribution in [2.75, 3.05) is 40.9 Å². The smallest absolute Gasteiger partial charge is 0.306 e. The van der Waals surface area contributed by atoms with Gasteiger partial charge in [0, 0.05) is 12.8 Å². The summed E-state index contributed by atoms with van der Waals surface area (Å²) < 4.78 is 30.1. The number of quaternary nitrogens is 1. The molecule has 0 spiro atoms. The molecule has 0 heterocycles. The lowest BCUT2D eigenvalue weighted by Crippen LogP contribution is -2.47. The van der Waals surface area contributed by atoms with Gasteiger partial charge in [-0.2, -0.15) is 0 Å². The molecule has 0 aromatic rings. The molecular weight excluding hydrogens is 916 g/mol. The van der Waals surface area contributed by atoms with E-state index >= 15 is 0 Å². The lowest BCUT2D eigenvalue weighted by atomic mass is 10.1. The fourth-order valence-corrected chi connectivity index (χ4v) is 8.02. The topological polar surface area (TPSA) is 114 Å². The van der Waals surface area contributed by atoms with Gasteiger partial charge in [-0.25, -0.2) is 0 Å². The molecule has 72 heavy (non-hydrogen) atoms. The minimum Gasteiger partial charge on any atom is -0.756 e. The highest BCUT2D eigenvalue weighted by atomic mass is 31.2. The molecule has 3 atom stereocenters. The Morgan fingerprint density at radius 2 is 0.889 bits per heavy atom. The Kier molecular flexibility index (Phi) is 48.4. The van der Waals surface area contributed by atoms with Crippen molar-refractivity contribution in [3.05, 3.63) is 122 Å². The van der Waals surface area contributed by atoms with Crippen LogP contribution < -0.4 is 10.2 Å². The Morgan fingerprint density at radius 3 is 1.35 bits per heavy atom. The molecule has 9 nitrogen and oxygen atoms in total. The maximum atomic E-state index is 13.5. The van der Waals surface area contributed by atoms with Gasteiger partial charge in [0.2, 0.25) is 5.91 Å². The van der Waals surface area contributed by atoms with Gasteiger partial charge in [-0.15, -0.1) is 0 Å². The van der Waals surface area contributed by atoms with Gasteiger partial charge >= 0.3 is 5.97 Å². The summed E-state index contributed by atoms with van der Waals surface area (Å²) in [7, 11) is 1.12. The van der Waals surface area contributed by atoms with E-state index in [2.05, 4.69) is 135 Å². The van der Waals surface area contributed by atoms with Gasteiger partial charge < -0.3 is 28.5 Å². The fourth-order valence-electron chi connectivity index (χ4n) is 7.30. The van der Waals surface area contributed by atoms with Crippen LogP contribution >= 0.6 is 7.82 Å². The number of nitrogens with zero attached hydrogens (tertiary/aromatic N) is 1. The first kappa shape index (κ1) is 68.4. The first-order chi connectivity index (χ1) is 34.9. The zero-order chi connectivity index (χ0) is 52.9. The van der Waals surface area contributed by atoms with Crippen LogP contribution in [0.1, 0.15) is 207 Å². The molecule has 0 bridgehead atoms. The quantitative estimate of drug-likeness (QED) is 0.0212. The van der Waals surface area contributed by atoms with E-state index < -0.39 is 26.6 Å². The Balaban J connectivity index is 5.42. The first-order valence-corrected chi connectivity index (χ1v) is 29.8. The van der Waals surface area contributed by atoms with Crippen molar-refractivity contribution in [2.45, 2.75) is 219 Å². The summed E-state index contributed by atoms with van der Waals surface area (Å²) in [6.45, 7) is 6.52.